The largest absolute Gasteiger partial charge is 0.447 e. The maximum Gasteiger partial charge on any atom is 0.407 e. The second-order valence-electron chi connectivity index (χ2n) is 2.48. The zero-order chi connectivity index (χ0) is 7.61. The Kier molecular flexibility index (Phi) is 1.83. The standard InChI is InChI=1S/C5H7NO2.C2H6/c7-4-6-5(1-2-5)3-8-4;1-2/h1-3H2,(H,6,7);1-2H3. The number of amides is 1. The Hall–Kier alpha value is -0.730. The van der Waals surface area contributed by atoms with Crippen molar-refractivity contribution in [2.24, 2.45) is 0 Å². The van der Waals surface area contributed by atoms with Gasteiger partial charge in [0, 0.05) is 0 Å². The maximum atomic E-state index is 10.4. The zero-order valence-corrected chi connectivity index (χ0v) is 6.44. The molecular formula is C7H13NO2. The van der Waals surface area contributed by atoms with E-state index >= 15 is 0 Å². The van der Waals surface area contributed by atoms with Crippen molar-refractivity contribution in [1.29, 1.82) is 0 Å². The molecule has 1 spiro atoms. The van der Waals surface area contributed by atoms with Gasteiger partial charge in [-0.1, -0.05) is 13.8 Å². The lowest BCUT2D eigenvalue weighted by Gasteiger charge is -1.96. The lowest BCUT2D eigenvalue weighted by atomic mass is 10.3. The molecule has 1 aliphatic heterocycles. The lowest BCUT2D eigenvalue weighted by molar-refractivity contribution is 0.176. The minimum Gasteiger partial charge on any atom is -0.447 e. The molecule has 0 unspecified atom stereocenters. The molecule has 0 aromatic carbocycles. The molecule has 0 radical (unpaired) electrons. The summed E-state index contributed by atoms with van der Waals surface area (Å²) in [6, 6.07) is 0. The van der Waals surface area contributed by atoms with Gasteiger partial charge in [0.05, 0.1) is 5.54 Å². The lowest BCUT2D eigenvalue weighted by Crippen LogP contribution is -2.27. The highest BCUT2D eigenvalue weighted by Gasteiger charge is 2.49. The highest BCUT2D eigenvalue weighted by molar-refractivity contribution is 5.71. The first kappa shape index (κ1) is 7.38. The number of nitrogens with one attached hydrogen (secondary N) is 1. The first-order chi connectivity index (χ1) is 4.81. The van der Waals surface area contributed by atoms with Crippen LogP contribution in [0.15, 0.2) is 0 Å². The highest BCUT2D eigenvalue weighted by Crippen LogP contribution is 2.38. The molecule has 1 saturated heterocycles. The Bertz CT molecular complexity index is 141. The van der Waals surface area contributed by atoms with E-state index in [1.54, 1.807) is 0 Å². The first-order valence-corrected chi connectivity index (χ1v) is 3.76. The predicted octanol–water partition coefficient (Wildman–Crippen LogP) is 1.29. The summed E-state index contributed by atoms with van der Waals surface area (Å²) in [7, 11) is 0. The molecule has 1 N–H and O–H groups in total. The van der Waals surface area contributed by atoms with Crippen LogP contribution in [0.25, 0.3) is 0 Å². The first-order valence-electron chi connectivity index (χ1n) is 3.76. The summed E-state index contributed by atoms with van der Waals surface area (Å²) in [4.78, 5) is 10.4. The molecule has 10 heavy (non-hydrogen) atoms. The highest BCUT2D eigenvalue weighted by atomic mass is 16.6. The van der Waals surface area contributed by atoms with Gasteiger partial charge < -0.3 is 10.1 Å². The minimum absolute atomic E-state index is 0.0943. The zero-order valence-electron chi connectivity index (χ0n) is 6.44. The summed E-state index contributed by atoms with van der Waals surface area (Å²) >= 11 is 0. The van der Waals surface area contributed by atoms with Crippen molar-refractivity contribution in [3.05, 3.63) is 0 Å². The fourth-order valence-electron chi connectivity index (χ4n) is 0.913. The van der Waals surface area contributed by atoms with Crippen LogP contribution in [-0.4, -0.2) is 18.2 Å². The Morgan fingerprint density at radius 2 is 2.10 bits per heavy atom. The fraction of sp³-hybridized carbons (Fsp3) is 0.857. The van der Waals surface area contributed by atoms with Crippen molar-refractivity contribution >= 4 is 6.09 Å². The quantitative estimate of drug-likeness (QED) is 0.554. The van der Waals surface area contributed by atoms with E-state index in [0.29, 0.717) is 6.61 Å². The maximum absolute atomic E-state index is 10.4. The van der Waals surface area contributed by atoms with Crippen LogP contribution in [0, 0.1) is 0 Å². The number of hydrogen-bond donors (Lipinski definition) is 1. The van der Waals surface area contributed by atoms with E-state index in [-0.39, 0.29) is 11.6 Å². The molecule has 0 aromatic heterocycles. The van der Waals surface area contributed by atoms with Gasteiger partial charge in [-0.3, -0.25) is 0 Å². The van der Waals surface area contributed by atoms with Crippen LogP contribution in [0.1, 0.15) is 26.7 Å². The Labute approximate surface area is 60.7 Å². The van der Waals surface area contributed by atoms with E-state index in [9.17, 15) is 4.79 Å². The SMILES string of the molecule is CC.O=C1NC2(CC2)CO1. The molecule has 0 atom stereocenters. The Morgan fingerprint density at radius 3 is 2.30 bits per heavy atom. The minimum atomic E-state index is -0.248. The van der Waals surface area contributed by atoms with Crippen molar-refractivity contribution in [3.8, 4) is 0 Å². The predicted molar refractivity (Wildman–Crippen MR) is 37.8 cm³/mol. The molecule has 2 aliphatic rings. The smallest absolute Gasteiger partial charge is 0.407 e. The number of rotatable bonds is 0. The van der Waals surface area contributed by atoms with Crippen molar-refractivity contribution in [2.45, 2.75) is 32.2 Å². The number of cyclic esters (lactones) is 1. The molecule has 1 saturated carbocycles. The summed E-state index contributed by atoms with van der Waals surface area (Å²) in [5.74, 6) is 0. The topological polar surface area (TPSA) is 38.3 Å². The van der Waals surface area contributed by atoms with Gasteiger partial charge in [0.2, 0.25) is 0 Å². The van der Waals surface area contributed by atoms with Gasteiger partial charge in [-0.25, -0.2) is 4.79 Å². The monoisotopic (exact) mass is 143 g/mol. The van der Waals surface area contributed by atoms with Crippen LogP contribution in [-0.2, 0) is 4.74 Å². The molecular weight excluding hydrogens is 130 g/mol. The van der Waals surface area contributed by atoms with E-state index in [0.717, 1.165) is 12.8 Å². The normalized spacial score (nSPS) is 24.4. The molecule has 0 bridgehead atoms. The molecule has 1 aliphatic carbocycles. The van der Waals surface area contributed by atoms with Crippen LogP contribution in [0.3, 0.4) is 0 Å². The molecule has 2 fully saturated rings. The van der Waals surface area contributed by atoms with Gasteiger partial charge in [-0.15, -0.1) is 0 Å². The second kappa shape index (κ2) is 2.48. The van der Waals surface area contributed by atoms with Gasteiger partial charge in [0.25, 0.3) is 0 Å². The number of carbonyl (C=O) groups excluding carboxylic acids is 1. The van der Waals surface area contributed by atoms with Crippen LogP contribution in [0.5, 0.6) is 0 Å². The van der Waals surface area contributed by atoms with Crippen molar-refractivity contribution < 1.29 is 9.53 Å². The van der Waals surface area contributed by atoms with Crippen LogP contribution >= 0.6 is 0 Å². The molecule has 1 heterocycles. The van der Waals surface area contributed by atoms with Crippen LogP contribution in [0.2, 0.25) is 0 Å². The molecule has 2 rings (SSSR count). The van der Waals surface area contributed by atoms with Crippen molar-refractivity contribution in [3.63, 3.8) is 0 Å². The van der Waals surface area contributed by atoms with Crippen molar-refractivity contribution in [2.75, 3.05) is 6.61 Å². The summed E-state index contributed by atoms with van der Waals surface area (Å²) < 4.78 is 4.68. The van der Waals surface area contributed by atoms with Gasteiger partial charge in [0.1, 0.15) is 6.61 Å². The fourth-order valence-corrected chi connectivity index (χ4v) is 0.913. The Morgan fingerprint density at radius 1 is 1.50 bits per heavy atom. The third kappa shape index (κ3) is 1.23. The summed E-state index contributed by atoms with van der Waals surface area (Å²) in [5.41, 5.74) is 0.0943. The summed E-state index contributed by atoms with van der Waals surface area (Å²) in [5, 5.41) is 2.74. The number of ether oxygens (including phenoxy) is 1. The third-order valence-electron chi connectivity index (χ3n) is 1.70. The van der Waals surface area contributed by atoms with Gasteiger partial charge in [-0.05, 0) is 12.8 Å². The van der Waals surface area contributed by atoms with E-state index in [1.807, 2.05) is 13.8 Å². The number of hydrogen-bond acceptors (Lipinski definition) is 2. The van der Waals surface area contributed by atoms with E-state index < -0.39 is 0 Å². The van der Waals surface area contributed by atoms with Gasteiger partial charge >= 0.3 is 6.09 Å². The molecule has 58 valence electrons. The van der Waals surface area contributed by atoms with Crippen LogP contribution in [0.4, 0.5) is 4.79 Å². The summed E-state index contributed by atoms with van der Waals surface area (Å²) in [6.45, 7) is 4.59. The van der Waals surface area contributed by atoms with E-state index in [2.05, 4.69) is 10.1 Å². The molecule has 0 aromatic rings. The average molecular weight is 143 g/mol. The van der Waals surface area contributed by atoms with Crippen LogP contribution < -0.4 is 5.32 Å². The van der Waals surface area contributed by atoms with E-state index in [1.165, 1.54) is 0 Å². The van der Waals surface area contributed by atoms with E-state index in [4.69, 9.17) is 0 Å². The number of alkyl carbamates (subject to hydrolysis) is 1. The molecule has 3 heteroatoms. The van der Waals surface area contributed by atoms with Gasteiger partial charge in [0.15, 0.2) is 0 Å². The second-order valence-corrected chi connectivity index (χ2v) is 2.48. The molecule has 3 nitrogen and oxygen atoms in total. The third-order valence-corrected chi connectivity index (χ3v) is 1.70. The Balaban J connectivity index is 0.000000231. The van der Waals surface area contributed by atoms with Gasteiger partial charge in [-0.2, -0.15) is 0 Å². The summed E-state index contributed by atoms with van der Waals surface area (Å²) in [6.07, 6.45) is 1.94. The van der Waals surface area contributed by atoms with Crippen molar-refractivity contribution in [1.82, 2.24) is 5.32 Å². The molecule has 1 amide bonds. The average Bonchev–Trinajstić information content (AvgIpc) is 2.60. The number of carbonyl (C=O) groups is 1.